The van der Waals surface area contributed by atoms with E-state index in [0.29, 0.717) is 12.1 Å². The highest BCUT2D eigenvalue weighted by Gasteiger charge is 2.25. The number of carbonyl (C=O) groups is 1. The van der Waals surface area contributed by atoms with Crippen LogP contribution in [0.25, 0.3) is 0 Å². The first-order valence-electron chi connectivity index (χ1n) is 7.50. The first kappa shape index (κ1) is 15.0. The molecule has 3 N–H and O–H groups in total. The number of nitrogens with zero attached hydrogens (tertiary/aromatic N) is 1. The summed E-state index contributed by atoms with van der Waals surface area (Å²) in [4.78, 5) is 12.9. The Hall–Kier alpha value is -1.39. The molecule has 1 aliphatic heterocycles. The smallest absolute Gasteiger partial charge is 0.207 e. The molecule has 2 atom stereocenters. The van der Waals surface area contributed by atoms with Crippen molar-refractivity contribution in [3.8, 4) is 0 Å². The Morgan fingerprint density at radius 3 is 2.80 bits per heavy atom. The van der Waals surface area contributed by atoms with Crippen molar-refractivity contribution >= 4 is 6.41 Å². The third kappa shape index (κ3) is 4.62. The van der Waals surface area contributed by atoms with E-state index in [9.17, 15) is 4.79 Å². The van der Waals surface area contributed by atoms with Gasteiger partial charge in [-0.15, -0.1) is 0 Å². The summed E-state index contributed by atoms with van der Waals surface area (Å²) >= 11 is 0. The van der Waals surface area contributed by atoms with Crippen LogP contribution in [-0.2, 0) is 11.2 Å². The fraction of sp³-hybridized carbons (Fsp3) is 0.562. The van der Waals surface area contributed by atoms with E-state index in [4.69, 9.17) is 5.73 Å². The lowest BCUT2D eigenvalue weighted by atomic mass is 10.0. The molecule has 1 aromatic rings. The zero-order chi connectivity index (χ0) is 14.2. The Kier molecular flexibility index (Phi) is 6.02. The molecule has 20 heavy (non-hydrogen) atoms. The third-order valence-corrected chi connectivity index (χ3v) is 4.09. The third-order valence-electron chi connectivity index (χ3n) is 4.09. The SMILES string of the molecule is NC1CCN(C(CCNC=O)CCc2ccccc2)C1. The maximum Gasteiger partial charge on any atom is 0.207 e. The Labute approximate surface area is 121 Å². The summed E-state index contributed by atoms with van der Waals surface area (Å²) in [5, 5.41) is 2.77. The van der Waals surface area contributed by atoms with Crippen molar-refractivity contribution in [3.05, 3.63) is 35.9 Å². The highest BCUT2D eigenvalue weighted by atomic mass is 16.1. The van der Waals surface area contributed by atoms with Gasteiger partial charge in [-0.05, 0) is 31.2 Å². The van der Waals surface area contributed by atoms with Gasteiger partial charge >= 0.3 is 0 Å². The first-order valence-corrected chi connectivity index (χ1v) is 7.50. The van der Waals surface area contributed by atoms with Gasteiger partial charge in [0.15, 0.2) is 0 Å². The minimum atomic E-state index is 0.313. The van der Waals surface area contributed by atoms with E-state index in [1.807, 2.05) is 0 Å². The molecule has 0 saturated carbocycles. The molecule has 1 aliphatic rings. The van der Waals surface area contributed by atoms with Crippen LogP contribution in [0.4, 0.5) is 0 Å². The second kappa shape index (κ2) is 8.02. The van der Waals surface area contributed by atoms with Crippen LogP contribution in [-0.4, -0.2) is 43.0 Å². The maximum atomic E-state index is 10.4. The minimum Gasteiger partial charge on any atom is -0.359 e. The van der Waals surface area contributed by atoms with E-state index in [1.54, 1.807) is 0 Å². The molecule has 0 aliphatic carbocycles. The number of hydrogen-bond acceptors (Lipinski definition) is 3. The van der Waals surface area contributed by atoms with Crippen molar-refractivity contribution in [3.63, 3.8) is 0 Å². The van der Waals surface area contributed by atoms with Crippen LogP contribution in [0.15, 0.2) is 30.3 Å². The molecule has 4 heteroatoms. The summed E-state index contributed by atoms with van der Waals surface area (Å²) in [6.45, 7) is 2.82. The topological polar surface area (TPSA) is 58.4 Å². The van der Waals surface area contributed by atoms with E-state index in [2.05, 4.69) is 40.5 Å². The summed E-state index contributed by atoms with van der Waals surface area (Å²) in [5.74, 6) is 0. The fourth-order valence-corrected chi connectivity index (χ4v) is 2.94. The van der Waals surface area contributed by atoms with Gasteiger partial charge in [0.1, 0.15) is 0 Å². The van der Waals surface area contributed by atoms with Crippen molar-refractivity contribution < 1.29 is 4.79 Å². The van der Waals surface area contributed by atoms with E-state index in [0.717, 1.165) is 51.7 Å². The molecular formula is C16H25N3O. The number of aryl methyl sites for hydroxylation is 1. The van der Waals surface area contributed by atoms with Gasteiger partial charge in [0.25, 0.3) is 0 Å². The number of rotatable bonds is 8. The minimum absolute atomic E-state index is 0.313. The van der Waals surface area contributed by atoms with Crippen LogP contribution in [0.1, 0.15) is 24.8 Å². The van der Waals surface area contributed by atoms with Crippen molar-refractivity contribution in [1.82, 2.24) is 10.2 Å². The number of hydrogen-bond donors (Lipinski definition) is 2. The van der Waals surface area contributed by atoms with Gasteiger partial charge in [0.2, 0.25) is 6.41 Å². The first-order chi connectivity index (χ1) is 9.79. The Bertz CT molecular complexity index is 396. The summed E-state index contributed by atoms with van der Waals surface area (Å²) in [6, 6.07) is 11.4. The van der Waals surface area contributed by atoms with Crippen LogP contribution in [0, 0.1) is 0 Å². The van der Waals surface area contributed by atoms with Gasteiger partial charge in [-0.3, -0.25) is 9.69 Å². The molecule has 4 nitrogen and oxygen atoms in total. The molecule has 1 aromatic carbocycles. The Morgan fingerprint density at radius 2 is 2.15 bits per heavy atom. The zero-order valence-electron chi connectivity index (χ0n) is 12.0. The van der Waals surface area contributed by atoms with Gasteiger partial charge in [0.05, 0.1) is 0 Å². The molecule has 2 unspecified atom stereocenters. The number of nitrogens with two attached hydrogens (primary N) is 1. The largest absolute Gasteiger partial charge is 0.359 e. The van der Waals surface area contributed by atoms with E-state index >= 15 is 0 Å². The monoisotopic (exact) mass is 275 g/mol. The normalized spacial score (nSPS) is 20.8. The lowest BCUT2D eigenvalue weighted by Gasteiger charge is -2.28. The van der Waals surface area contributed by atoms with Gasteiger partial charge in [-0.1, -0.05) is 30.3 Å². The average Bonchev–Trinajstić information content (AvgIpc) is 2.90. The molecule has 1 heterocycles. The number of benzene rings is 1. The van der Waals surface area contributed by atoms with Gasteiger partial charge in [-0.25, -0.2) is 0 Å². The van der Waals surface area contributed by atoms with Crippen LogP contribution >= 0.6 is 0 Å². The summed E-state index contributed by atoms with van der Waals surface area (Å²) in [6.07, 6.45) is 5.07. The molecule has 110 valence electrons. The van der Waals surface area contributed by atoms with E-state index in [1.165, 1.54) is 5.56 Å². The number of nitrogens with one attached hydrogen (secondary N) is 1. The predicted molar refractivity (Wildman–Crippen MR) is 81.4 cm³/mol. The van der Waals surface area contributed by atoms with Crippen LogP contribution in [0.2, 0.25) is 0 Å². The standard InChI is InChI=1S/C16H25N3O/c17-15-9-11-19(12-15)16(8-10-18-13-20)7-6-14-4-2-1-3-5-14/h1-5,13,15-16H,6-12,17H2,(H,18,20). The maximum absolute atomic E-state index is 10.4. The van der Waals surface area contributed by atoms with Crippen molar-refractivity contribution in [2.75, 3.05) is 19.6 Å². The second-order valence-electron chi connectivity index (χ2n) is 5.58. The lowest BCUT2D eigenvalue weighted by Crippen LogP contribution is -2.37. The summed E-state index contributed by atoms with van der Waals surface area (Å²) in [5.41, 5.74) is 7.39. The van der Waals surface area contributed by atoms with Crippen molar-refractivity contribution in [2.45, 2.75) is 37.8 Å². The molecule has 1 saturated heterocycles. The zero-order valence-corrected chi connectivity index (χ0v) is 12.0. The highest BCUT2D eigenvalue weighted by molar-refractivity contribution is 5.45. The van der Waals surface area contributed by atoms with Crippen molar-refractivity contribution in [2.24, 2.45) is 5.73 Å². The van der Waals surface area contributed by atoms with E-state index < -0.39 is 0 Å². The molecule has 2 rings (SSSR count). The summed E-state index contributed by atoms with van der Waals surface area (Å²) in [7, 11) is 0. The van der Waals surface area contributed by atoms with Gasteiger partial charge in [-0.2, -0.15) is 0 Å². The Balaban J connectivity index is 1.86. The van der Waals surface area contributed by atoms with Crippen LogP contribution in [0.3, 0.4) is 0 Å². The number of likely N-dealkylation sites (tertiary alicyclic amines) is 1. The van der Waals surface area contributed by atoms with E-state index in [-0.39, 0.29) is 0 Å². The number of amides is 1. The van der Waals surface area contributed by atoms with Gasteiger partial charge < -0.3 is 11.1 Å². The average molecular weight is 275 g/mol. The molecule has 0 aromatic heterocycles. The molecule has 1 fully saturated rings. The fourth-order valence-electron chi connectivity index (χ4n) is 2.94. The van der Waals surface area contributed by atoms with Crippen LogP contribution in [0.5, 0.6) is 0 Å². The lowest BCUT2D eigenvalue weighted by molar-refractivity contribution is -0.109. The molecule has 0 radical (unpaired) electrons. The quantitative estimate of drug-likeness (QED) is 0.553. The number of carbonyl (C=O) groups excluding carboxylic acids is 1. The predicted octanol–water partition coefficient (Wildman–Crippen LogP) is 1.16. The molecule has 1 amide bonds. The van der Waals surface area contributed by atoms with Crippen LogP contribution < -0.4 is 11.1 Å². The van der Waals surface area contributed by atoms with Crippen molar-refractivity contribution in [1.29, 1.82) is 0 Å². The molecule has 0 bridgehead atoms. The highest BCUT2D eigenvalue weighted by Crippen LogP contribution is 2.18. The molecular weight excluding hydrogens is 250 g/mol. The summed E-state index contributed by atoms with van der Waals surface area (Å²) < 4.78 is 0. The molecule has 0 spiro atoms. The van der Waals surface area contributed by atoms with Gasteiger partial charge in [0, 0.05) is 31.7 Å². The second-order valence-corrected chi connectivity index (χ2v) is 5.58. The Morgan fingerprint density at radius 1 is 1.35 bits per heavy atom.